The van der Waals surface area contributed by atoms with Gasteiger partial charge in [0.2, 0.25) is 0 Å². The van der Waals surface area contributed by atoms with Crippen molar-refractivity contribution in [3.63, 3.8) is 0 Å². The summed E-state index contributed by atoms with van der Waals surface area (Å²) in [5.74, 6) is 0.682. The van der Waals surface area contributed by atoms with Gasteiger partial charge in [-0.15, -0.1) is 11.3 Å². The molecule has 1 aliphatic rings. The van der Waals surface area contributed by atoms with Gasteiger partial charge in [0, 0.05) is 24.1 Å². The maximum absolute atomic E-state index is 12.2. The van der Waals surface area contributed by atoms with Gasteiger partial charge in [0.1, 0.15) is 4.88 Å². The van der Waals surface area contributed by atoms with Crippen LogP contribution in [0, 0.1) is 5.92 Å². The standard InChI is InChI=1S/C11H15BrN2OS/c1-14(9(6-13)7-2-3-7)11(15)10-8(12)4-5-16-10/h4-5,7,9H,2-3,6,13H2,1H3. The molecular weight excluding hydrogens is 288 g/mol. The van der Waals surface area contributed by atoms with Gasteiger partial charge < -0.3 is 10.6 Å². The molecule has 1 unspecified atom stereocenters. The lowest BCUT2D eigenvalue weighted by atomic mass is 10.1. The van der Waals surface area contributed by atoms with Crippen LogP contribution in [-0.4, -0.2) is 30.4 Å². The van der Waals surface area contributed by atoms with Crippen LogP contribution < -0.4 is 5.73 Å². The molecule has 0 bridgehead atoms. The van der Waals surface area contributed by atoms with Crippen LogP contribution in [-0.2, 0) is 0 Å². The summed E-state index contributed by atoms with van der Waals surface area (Å²) < 4.78 is 0.876. The third-order valence-electron chi connectivity index (χ3n) is 3.04. The van der Waals surface area contributed by atoms with E-state index < -0.39 is 0 Å². The monoisotopic (exact) mass is 302 g/mol. The van der Waals surface area contributed by atoms with Crippen LogP contribution in [0.25, 0.3) is 0 Å². The number of rotatable bonds is 4. The number of hydrogen-bond donors (Lipinski definition) is 1. The average molecular weight is 303 g/mol. The number of nitrogens with two attached hydrogens (primary N) is 1. The summed E-state index contributed by atoms with van der Waals surface area (Å²) in [5.41, 5.74) is 5.74. The Kier molecular flexibility index (Phi) is 3.66. The summed E-state index contributed by atoms with van der Waals surface area (Å²) in [6.45, 7) is 0.551. The maximum Gasteiger partial charge on any atom is 0.265 e. The predicted octanol–water partition coefficient (Wildman–Crippen LogP) is 2.32. The second-order valence-corrected chi connectivity index (χ2v) is 5.92. The van der Waals surface area contributed by atoms with Crippen molar-refractivity contribution in [1.82, 2.24) is 4.90 Å². The highest BCUT2D eigenvalue weighted by Crippen LogP contribution is 2.35. The zero-order valence-corrected chi connectivity index (χ0v) is 11.6. The van der Waals surface area contributed by atoms with Gasteiger partial charge in [-0.3, -0.25) is 4.79 Å². The van der Waals surface area contributed by atoms with Gasteiger partial charge >= 0.3 is 0 Å². The lowest BCUT2D eigenvalue weighted by molar-refractivity contribution is 0.0723. The molecule has 88 valence electrons. The molecule has 0 aromatic carbocycles. The highest BCUT2D eigenvalue weighted by Gasteiger charge is 2.35. The SMILES string of the molecule is CN(C(=O)c1sccc1Br)C(CN)C1CC1. The minimum Gasteiger partial charge on any atom is -0.336 e. The van der Waals surface area contributed by atoms with Crippen LogP contribution >= 0.6 is 27.3 Å². The Labute approximate surface area is 108 Å². The summed E-state index contributed by atoms with van der Waals surface area (Å²) >= 11 is 4.86. The fraction of sp³-hybridized carbons (Fsp3) is 0.545. The molecule has 5 heteroatoms. The van der Waals surface area contributed by atoms with Crippen molar-refractivity contribution in [2.45, 2.75) is 18.9 Å². The molecule has 16 heavy (non-hydrogen) atoms. The van der Waals surface area contributed by atoms with Crippen molar-refractivity contribution >= 4 is 33.2 Å². The first-order chi connectivity index (χ1) is 7.65. The quantitative estimate of drug-likeness (QED) is 0.928. The normalized spacial score (nSPS) is 17.2. The lowest BCUT2D eigenvalue weighted by Gasteiger charge is -2.26. The van der Waals surface area contributed by atoms with Gasteiger partial charge in [-0.2, -0.15) is 0 Å². The number of carbonyl (C=O) groups excluding carboxylic acids is 1. The maximum atomic E-state index is 12.2. The van der Waals surface area contributed by atoms with Crippen molar-refractivity contribution in [2.24, 2.45) is 11.7 Å². The third-order valence-corrected chi connectivity index (χ3v) is 4.86. The molecule has 3 nitrogen and oxygen atoms in total. The van der Waals surface area contributed by atoms with Crippen LogP contribution in [0.2, 0.25) is 0 Å². The summed E-state index contributed by atoms with van der Waals surface area (Å²) in [5, 5.41) is 1.92. The van der Waals surface area contributed by atoms with E-state index in [0.717, 1.165) is 9.35 Å². The van der Waals surface area contributed by atoms with Crippen molar-refractivity contribution in [1.29, 1.82) is 0 Å². The highest BCUT2D eigenvalue weighted by atomic mass is 79.9. The Morgan fingerprint density at radius 3 is 2.88 bits per heavy atom. The third kappa shape index (κ3) is 2.31. The number of thiophene rings is 1. The van der Waals surface area contributed by atoms with Gasteiger partial charge in [-0.05, 0) is 46.1 Å². The molecule has 1 atom stereocenters. The Morgan fingerprint density at radius 2 is 2.44 bits per heavy atom. The molecule has 1 saturated carbocycles. The molecule has 0 aliphatic heterocycles. The lowest BCUT2D eigenvalue weighted by Crippen LogP contribution is -2.43. The number of amides is 1. The van der Waals surface area contributed by atoms with Crippen LogP contribution in [0.1, 0.15) is 22.5 Å². The van der Waals surface area contributed by atoms with E-state index in [2.05, 4.69) is 15.9 Å². The summed E-state index contributed by atoms with van der Waals surface area (Å²) in [6.07, 6.45) is 2.40. The largest absolute Gasteiger partial charge is 0.336 e. The second kappa shape index (κ2) is 4.85. The minimum absolute atomic E-state index is 0.0734. The molecule has 0 saturated heterocycles. The average Bonchev–Trinajstić information content (AvgIpc) is 3.01. The Bertz CT molecular complexity index is 389. The number of hydrogen-bond acceptors (Lipinski definition) is 3. The highest BCUT2D eigenvalue weighted by molar-refractivity contribution is 9.10. The summed E-state index contributed by atoms with van der Waals surface area (Å²) in [7, 11) is 1.85. The Morgan fingerprint density at radius 1 is 1.75 bits per heavy atom. The molecule has 2 N–H and O–H groups in total. The topological polar surface area (TPSA) is 46.3 Å². The molecule has 1 fully saturated rings. The van der Waals surface area contributed by atoms with E-state index in [9.17, 15) is 4.79 Å². The van der Waals surface area contributed by atoms with E-state index in [-0.39, 0.29) is 11.9 Å². The first-order valence-electron chi connectivity index (χ1n) is 5.35. The van der Waals surface area contributed by atoms with E-state index in [1.807, 2.05) is 18.5 Å². The van der Waals surface area contributed by atoms with E-state index in [1.165, 1.54) is 24.2 Å². The van der Waals surface area contributed by atoms with Crippen molar-refractivity contribution in [2.75, 3.05) is 13.6 Å². The molecule has 0 spiro atoms. The van der Waals surface area contributed by atoms with Crippen molar-refractivity contribution in [3.8, 4) is 0 Å². The molecule has 1 aromatic rings. The summed E-state index contributed by atoms with van der Waals surface area (Å²) in [4.78, 5) is 14.8. The zero-order valence-electron chi connectivity index (χ0n) is 9.15. The van der Waals surface area contributed by atoms with Gasteiger partial charge in [0.05, 0.1) is 0 Å². The molecule has 1 amide bonds. The Balaban J connectivity index is 2.11. The van der Waals surface area contributed by atoms with E-state index in [1.54, 1.807) is 4.90 Å². The van der Waals surface area contributed by atoms with Gasteiger partial charge in [0.15, 0.2) is 0 Å². The minimum atomic E-state index is 0.0734. The zero-order chi connectivity index (χ0) is 11.7. The smallest absolute Gasteiger partial charge is 0.265 e. The number of halogens is 1. The van der Waals surface area contributed by atoms with E-state index in [4.69, 9.17) is 5.73 Å². The predicted molar refractivity (Wildman–Crippen MR) is 69.7 cm³/mol. The van der Waals surface area contributed by atoms with Gasteiger partial charge in [-0.1, -0.05) is 0 Å². The first-order valence-corrected chi connectivity index (χ1v) is 7.02. The van der Waals surface area contributed by atoms with Gasteiger partial charge in [-0.25, -0.2) is 0 Å². The second-order valence-electron chi connectivity index (χ2n) is 4.15. The van der Waals surface area contributed by atoms with Crippen molar-refractivity contribution < 1.29 is 4.79 Å². The first kappa shape index (κ1) is 12.1. The van der Waals surface area contributed by atoms with Crippen LogP contribution in [0.3, 0.4) is 0 Å². The molecule has 2 rings (SSSR count). The van der Waals surface area contributed by atoms with Crippen molar-refractivity contribution in [3.05, 3.63) is 20.8 Å². The molecule has 0 radical (unpaired) electrons. The van der Waals surface area contributed by atoms with E-state index in [0.29, 0.717) is 12.5 Å². The van der Waals surface area contributed by atoms with Crippen LogP contribution in [0.4, 0.5) is 0 Å². The molecule has 1 heterocycles. The molecule has 1 aliphatic carbocycles. The molecule has 1 aromatic heterocycles. The van der Waals surface area contributed by atoms with Crippen LogP contribution in [0.15, 0.2) is 15.9 Å². The fourth-order valence-electron chi connectivity index (χ4n) is 1.90. The Hall–Kier alpha value is -0.390. The molecular formula is C11H15BrN2OS. The van der Waals surface area contributed by atoms with Crippen LogP contribution in [0.5, 0.6) is 0 Å². The van der Waals surface area contributed by atoms with Gasteiger partial charge in [0.25, 0.3) is 5.91 Å². The fourth-order valence-corrected chi connectivity index (χ4v) is 3.43. The number of carbonyl (C=O) groups is 1. The number of likely N-dealkylation sites (N-methyl/N-ethyl adjacent to an activating group) is 1. The number of nitrogens with zero attached hydrogens (tertiary/aromatic N) is 1. The summed E-state index contributed by atoms with van der Waals surface area (Å²) in [6, 6.07) is 2.10. The van der Waals surface area contributed by atoms with E-state index >= 15 is 0 Å².